The Morgan fingerprint density at radius 2 is 2.67 bits per heavy atom. The first-order chi connectivity index (χ1) is 5.83. The smallest absolute Gasteiger partial charge is 0.297 e. The van der Waals surface area contributed by atoms with Gasteiger partial charge in [0.15, 0.2) is 0 Å². The van der Waals surface area contributed by atoms with Gasteiger partial charge in [-0.05, 0) is 4.83 Å². The Labute approximate surface area is 77.9 Å². The molecule has 0 fully saturated rings. The van der Waals surface area contributed by atoms with Crippen LogP contribution in [-0.4, -0.2) is 16.1 Å². The van der Waals surface area contributed by atoms with Crippen molar-refractivity contribution in [3.05, 3.63) is 18.0 Å². The Kier molecular flexibility index (Phi) is 3.35. The number of halogens is 1. The zero-order valence-electron chi connectivity index (χ0n) is 6.10. The molecular formula is C7H6BrN3O. The summed E-state index contributed by atoms with van der Waals surface area (Å²) in [5.41, 5.74) is 0.916. The maximum atomic E-state index is 10.8. The lowest BCUT2D eigenvalue weighted by Gasteiger charge is -1.95. The predicted octanol–water partition coefficient (Wildman–Crippen LogP) is 0.382. The van der Waals surface area contributed by atoms with Gasteiger partial charge in [-0.25, -0.2) is 0 Å². The van der Waals surface area contributed by atoms with Gasteiger partial charge in [0, 0.05) is 40.2 Å². The van der Waals surface area contributed by atoms with Crippen LogP contribution in [0, 0.1) is 10.8 Å². The SMILES string of the molecule is O=C(C#CBr)NCc1cn[nH]c1. The number of rotatable bonds is 2. The second-order valence-electron chi connectivity index (χ2n) is 2.01. The van der Waals surface area contributed by atoms with E-state index in [2.05, 4.69) is 42.2 Å². The summed E-state index contributed by atoms with van der Waals surface area (Å²) in [4.78, 5) is 13.1. The van der Waals surface area contributed by atoms with Crippen LogP contribution in [0.1, 0.15) is 5.56 Å². The molecule has 5 heteroatoms. The predicted molar refractivity (Wildman–Crippen MR) is 47.1 cm³/mol. The van der Waals surface area contributed by atoms with E-state index < -0.39 is 0 Å². The van der Waals surface area contributed by atoms with Crippen molar-refractivity contribution in [3.8, 4) is 10.8 Å². The van der Waals surface area contributed by atoms with Crippen molar-refractivity contribution in [3.63, 3.8) is 0 Å². The third kappa shape index (κ3) is 2.76. The van der Waals surface area contributed by atoms with Crippen molar-refractivity contribution in [2.24, 2.45) is 0 Å². The number of H-pyrrole nitrogens is 1. The number of nitrogens with zero attached hydrogens (tertiary/aromatic N) is 1. The van der Waals surface area contributed by atoms with Gasteiger partial charge >= 0.3 is 0 Å². The van der Waals surface area contributed by atoms with E-state index in [0.29, 0.717) is 6.54 Å². The summed E-state index contributed by atoms with van der Waals surface area (Å²) in [6.07, 6.45) is 3.35. The molecule has 0 saturated carbocycles. The van der Waals surface area contributed by atoms with Crippen molar-refractivity contribution in [1.29, 1.82) is 0 Å². The molecule has 1 rings (SSSR count). The van der Waals surface area contributed by atoms with Crippen LogP contribution in [-0.2, 0) is 11.3 Å². The number of hydrogen-bond donors (Lipinski definition) is 2. The Bertz CT molecular complexity index is 309. The van der Waals surface area contributed by atoms with Crippen LogP contribution in [0.5, 0.6) is 0 Å². The van der Waals surface area contributed by atoms with Gasteiger partial charge in [-0.15, -0.1) is 0 Å². The molecule has 0 aliphatic rings. The van der Waals surface area contributed by atoms with Crippen LogP contribution in [0.25, 0.3) is 0 Å². The van der Waals surface area contributed by atoms with Crippen LogP contribution in [0.15, 0.2) is 12.4 Å². The minimum absolute atomic E-state index is 0.312. The fourth-order valence-electron chi connectivity index (χ4n) is 0.644. The van der Waals surface area contributed by atoms with Gasteiger partial charge < -0.3 is 5.32 Å². The molecule has 1 aromatic rings. The molecule has 2 N–H and O–H groups in total. The highest BCUT2D eigenvalue weighted by atomic mass is 79.9. The Balaban J connectivity index is 2.35. The molecule has 0 spiro atoms. The van der Waals surface area contributed by atoms with Gasteiger partial charge in [0.25, 0.3) is 5.91 Å². The van der Waals surface area contributed by atoms with Gasteiger partial charge in [-0.2, -0.15) is 5.10 Å². The Morgan fingerprint density at radius 1 is 1.83 bits per heavy atom. The molecule has 0 saturated heterocycles. The third-order valence-corrected chi connectivity index (χ3v) is 1.37. The highest BCUT2D eigenvalue weighted by molar-refractivity contribution is 9.12. The van der Waals surface area contributed by atoms with Gasteiger partial charge in [0.1, 0.15) is 0 Å². The molecule has 1 heterocycles. The minimum atomic E-state index is -0.312. The van der Waals surface area contributed by atoms with E-state index in [0.717, 1.165) is 5.56 Å². The average molecular weight is 228 g/mol. The summed E-state index contributed by atoms with van der Waals surface area (Å²) in [5.74, 6) is 1.98. The van der Waals surface area contributed by atoms with E-state index in [1.807, 2.05) is 0 Å². The number of nitrogens with one attached hydrogen (secondary N) is 2. The molecule has 1 amide bonds. The average Bonchev–Trinajstić information content (AvgIpc) is 2.53. The molecule has 0 aliphatic carbocycles. The number of carbonyl (C=O) groups excluding carboxylic acids is 1. The maximum Gasteiger partial charge on any atom is 0.297 e. The van der Waals surface area contributed by atoms with Crippen LogP contribution in [0.4, 0.5) is 0 Å². The standard InChI is InChI=1S/C7H6BrN3O/c8-2-1-7(12)9-3-6-4-10-11-5-6/h4-5H,3H2,(H,9,12)(H,10,11). The first kappa shape index (κ1) is 8.81. The molecule has 62 valence electrons. The second kappa shape index (κ2) is 4.57. The van der Waals surface area contributed by atoms with Gasteiger partial charge in [0.2, 0.25) is 0 Å². The topological polar surface area (TPSA) is 57.8 Å². The van der Waals surface area contributed by atoms with E-state index in [4.69, 9.17) is 0 Å². The largest absolute Gasteiger partial charge is 0.341 e. The number of carbonyl (C=O) groups is 1. The number of aromatic nitrogens is 2. The molecule has 0 aromatic carbocycles. The van der Waals surface area contributed by atoms with Crippen LogP contribution >= 0.6 is 15.9 Å². The molecular weight excluding hydrogens is 222 g/mol. The van der Waals surface area contributed by atoms with Crippen molar-refractivity contribution >= 4 is 21.8 Å². The lowest BCUT2D eigenvalue weighted by atomic mass is 10.3. The third-order valence-electron chi connectivity index (χ3n) is 1.17. The fourth-order valence-corrected chi connectivity index (χ4v) is 0.824. The van der Waals surface area contributed by atoms with E-state index >= 15 is 0 Å². The van der Waals surface area contributed by atoms with Gasteiger partial charge in [-0.1, -0.05) is 0 Å². The zero-order chi connectivity index (χ0) is 8.81. The first-order valence-corrected chi connectivity index (χ1v) is 3.99. The van der Waals surface area contributed by atoms with Crippen molar-refractivity contribution in [2.45, 2.75) is 6.54 Å². The lowest BCUT2D eigenvalue weighted by Crippen LogP contribution is -2.20. The van der Waals surface area contributed by atoms with Crippen molar-refractivity contribution in [2.75, 3.05) is 0 Å². The van der Waals surface area contributed by atoms with Crippen molar-refractivity contribution in [1.82, 2.24) is 15.5 Å². The number of amides is 1. The summed E-state index contributed by atoms with van der Waals surface area (Å²) in [5, 5.41) is 8.95. The van der Waals surface area contributed by atoms with E-state index in [1.54, 1.807) is 12.4 Å². The first-order valence-electron chi connectivity index (χ1n) is 3.20. The Morgan fingerprint density at radius 3 is 3.25 bits per heavy atom. The maximum absolute atomic E-state index is 10.8. The number of aromatic amines is 1. The molecule has 1 aromatic heterocycles. The summed E-state index contributed by atoms with van der Waals surface area (Å²) >= 11 is 2.83. The molecule has 0 aliphatic heterocycles. The Hall–Kier alpha value is -1.28. The highest BCUT2D eigenvalue weighted by Crippen LogP contribution is 1.90. The van der Waals surface area contributed by atoms with Gasteiger partial charge in [-0.3, -0.25) is 9.89 Å². The minimum Gasteiger partial charge on any atom is -0.341 e. The summed E-state index contributed by atoms with van der Waals surface area (Å²) < 4.78 is 0. The molecule has 0 radical (unpaired) electrons. The normalized spacial score (nSPS) is 8.42. The summed E-state index contributed by atoms with van der Waals surface area (Å²) in [6.45, 7) is 0.441. The van der Waals surface area contributed by atoms with E-state index in [9.17, 15) is 4.79 Å². The molecule has 0 bridgehead atoms. The van der Waals surface area contributed by atoms with E-state index in [1.165, 1.54) is 0 Å². The van der Waals surface area contributed by atoms with Gasteiger partial charge in [0.05, 0.1) is 6.20 Å². The zero-order valence-corrected chi connectivity index (χ0v) is 7.68. The molecule has 0 atom stereocenters. The highest BCUT2D eigenvalue weighted by Gasteiger charge is 1.96. The lowest BCUT2D eigenvalue weighted by molar-refractivity contribution is -0.115. The quantitative estimate of drug-likeness (QED) is 0.719. The van der Waals surface area contributed by atoms with Crippen LogP contribution in [0.2, 0.25) is 0 Å². The molecule has 0 unspecified atom stereocenters. The summed E-state index contributed by atoms with van der Waals surface area (Å²) in [7, 11) is 0. The molecule has 4 nitrogen and oxygen atoms in total. The monoisotopic (exact) mass is 227 g/mol. The second-order valence-corrected chi connectivity index (χ2v) is 2.41. The fraction of sp³-hybridized carbons (Fsp3) is 0.143. The van der Waals surface area contributed by atoms with Crippen molar-refractivity contribution < 1.29 is 4.79 Å². The van der Waals surface area contributed by atoms with E-state index in [-0.39, 0.29) is 5.91 Å². The number of hydrogen-bond acceptors (Lipinski definition) is 2. The van der Waals surface area contributed by atoms with Crippen LogP contribution in [0.3, 0.4) is 0 Å². The molecule has 12 heavy (non-hydrogen) atoms. The summed E-state index contributed by atoms with van der Waals surface area (Å²) in [6, 6.07) is 0. The van der Waals surface area contributed by atoms with Crippen LogP contribution < -0.4 is 5.32 Å².